The second-order valence-electron chi connectivity index (χ2n) is 4.65. The van der Waals surface area contributed by atoms with E-state index in [4.69, 9.17) is 4.74 Å². The van der Waals surface area contributed by atoms with Crippen LogP contribution in [0.3, 0.4) is 0 Å². The first kappa shape index (κ1) is 10.8. The molecule has 0 aromatic heterocycles. The van der Waals surface area contributed by atoms with E-state index in [1.54, 1.807) is 0 Å². The maximum absolute atomic E-state index is 10.2. The fourth-order valence-electron chi connectivity index (χ4n) is 2.37. The number of hydrogen-bond donors (Lipinski definition) is 1. The zero-order chi connectivity index (χ0) is 10.0. The van der Waals surface area contributed by atoms with Gasteiger partial charge in [-0.25, -0.2) is 0 Å². The highest BCUT2D eigenvalue weighted by Gasteiger charge is 2.33. The summed E-state index contributed by atoms with van der Waals surface area (Å²) in [5, 5.41) is 10.8. The third-order valence-electron chi connectivity index (χ3n) is 3.41. The highest BCUT2D eigenvalue weighted by molar-refractivity contribution is 8.00. The second kappa shape index (κ2) is 4.42. The molecule has 0 bridgehead atoms. The number of thioether (sulfide) groups is 1. The van der Waals surface area contributed by atoms with Crippen molar-refractivity contribution in [3.63, 3.8) is 0 Å². The van der Waals surface area contributed by atoms with Gasteiger partial charge in [-0.1, -0.05) is 12.8 Å². The van der Waals surface area contributed by atoms with Gasteiger partial charge in [0, 0.05) is 17.6 Å². The summed E-state index contributed by atoms with van der Waals surface area (Å²) in [6.45, 7) is 3.04. The first-order chi connectivity index (χ1) is 6.70. The lowest BCUT2D eigenvalue weighted by Crippen LogP contribution is -2.29. The van der Waals surface area contributed by atoms with E-state index in [-0.39, 0.29) is 5.60 Å². The Morgan fingerprint density at radius 1 is 1.43 bits per heavy atom. The molecule has 2 rings (SSSR count). The molecule has 2 nitrogen and oxygen atoms in total. The Labute approximate surface area is 90.4 Å². The Kier molecular flexibility index (Phi) is 3.40. The zero-order valence-corrected chi connectivity index (χ0v) is 9.68. The molecule has 1 saturated carbocycles. The molecule has 0 aromatic carbocycles. The van der Waals surface area contributed by atoms with Crippen LogP contribution in [-0.4, -0.2) is 34.4 Å². The van der Waals surface area contributed by atoms with Gasteiger partial charge in [0.2, 0.25) is 0 Å². The van der Waals surface area contributed by atoms with E-state index in [1.165, 1.54) is 12.8 Å². The monoisotopic (exact) mass is 216 g/mol. The Morgan fingerprint density at radius 3 is 2.71 bits per heavy atom. The molecule has 0 amide bonds. The highest BCUT2D eigenvalue weighted by atomic mass is 32.2. The van der Waals surface area contributed by atoms with Gasteiger partial charge in [0.15, 0.2) is 0 Å². The highest BCUT2D eigenvalue weighted by Crippen LogP contribution is 2.36. The quantitative estimate of drug-likeness (QED) is 0.784. The van der Waals surface area contributed by atoms with Crippen molar-refractivity contribution in [1.82, 2.24) is 0 Å². The van der Waals surface area contributed by atoms with E-state index in [0.717, 1.165) is 31.6 Å². The number of ether oxygens (including phenoxy) is 1. The molecule has 1 aliphatic heterocycles. The molecule has 1 saturated heterocycles. The van der Waals surface area contributed by atoms with Gasteiger partial charge in [0.25, 0.3) is 0 Å². The van der Waals surface area contributed by atoms with Crippen LogP contribution in [0, 0.1) is 0 Å². The van der Waals surface area contributed by atoms with Gasteiger partial charge in [0.05, 0.1) is 11.7 Å². The van der Waals surface area contributed by atoms with Crippen LogP contribution in [0.1, 0.15) is 39.0 Å². The van der Waals surface area contributed by atoms with E-state index in [0.29, 0.717) is 11.4 Å². The average molecular weight is 216 g/mol. The van der Waals surface area contributed by atoms with Crippen LogP contribution < -0.4 is 0 Å². The first-order valence-corrected chi connectivity index (χ1v) is 6.70. The van der Waals surface area contributed by atoms with E-state index in [1.807, 2.05) is 11.8 Å². The molecule has 0 radical (unpaired) electrons. The molecule has 2 aliphatic rings. The van der Waals surface area contributed by atoms with Gasteiger partial charge >= 0.3 is 0 Å². The lowest BCUT2D eigenvalue weighted by atomic mass is 10.1. The van der Waals surface area contributed by atoms with Crippen molar-refractivity contribution in [2.75, 3.05) is 12.4 Å². The lowest BCUT2D eigenvalue weighted by molar-refractivity contribution is 0.0729. The van der Waals surface area contributed by atoms with Crippen molar-refractivity contribution in [2.24, 2.45) is 0 Å². The maximum atomic E-state index is 10.2. The third kappa shape index (κ3) is 2.44. The predicted octanol–water partition coefficient (Wildman–Crippen LogP) is 2.20. The van der Waals surface area contributed by atoms with Crippen molar-refractivity contribution in [2.45, 2.75) is 56.0 Å². The molecule has 14 heavy (non-hydrogen) atoms. The molecule has 2 atom stereocenters. The molecule has 1 N–H and O–H groups in total. The molecule has 0 spiro atoms. The van der Waals surface area contributed by atoms with E-state index in [2.05, 4.69) is 6.92 Å². The van der Waals surface area contributed by atoms with Gasteiger partial charge in [-0.2, -0.15) is 11.8 Å². The minimum Gasteiger partial charge on any atom is -0.389 e. The Hall–Kier alpha value is 0.270. The summed E-state index contributed by atoms with van der Waals surface area (Å²) >= 11 is 1.91. The van der Waals surface area contributed by atoms with Crippen LogP contribution in [0.25, 0.3) is 0 Å². The van der Waals surface area contributed by atoms with Gasteiger partial charge in [-0.3, -0.25) is 0 Å². The average Bonchev–Trinajstić information content (AvgIpc) is 2.73. The molecule has 3 heteroatoms. The zero-order valence-electron chi connectivity index (χ0n) is 8.87. The molecule has 1 heterocycles. The van der Waals surface area contributed by atoms with Crippen LogP contribution in [0.4, 0.5) is 0 Å². The van der Waals surface area contributed by atoms with Crippen LogP contribution in [-0.2, 0) is 4.74 Å². The van der Waals surface area contributed by atoms with Crippen molar-refractivity contribution < 1.29 is 9.84 Å². The lowest BCUT2D eigenvalue weighted by Gasteiger charge is -2.24. The summed E-state index contributed by atoms with van der Waals surface area (Å²) in [5.41, 5.74) is -0.354. The third-order valence-corrected chi connectivity index (χ3v) is 5.16. The molecular weight excluding hydrogens is 196 g/mol. The minimum atomic E-state index is -0.354. The first-order valence-electron chi connectivity index (χ1n) is 5.65. The molecular formula is C11H20O2S. The predicted molar refractivity (Wildman–Crippen MR) is 59.7 cm³/mol. The van der Waals surface area contributed by atoms with E-state index < -0.39 is 0 Å². The Bertz CT molecular complexity index is 190. The maximum Gasteiger partial charge on any atom is 0.0737 e. The molecule has 1 aliphatic carbocycles. The van der Waals surface area contributed by atoms with Crippen LogP contribution in [0.2, 0.25) is 0 Å². The van der Waals surface area contributed by atoms with E-state index in [9.17, 15) is 5.11 Å². The van der Waals surface area contributed by atoms with Gasteiger partial charge in [-0.15, -0.1) is 0 Å². The summed E-state index contributed by atoms with van der Waals surface area (Å²) in [5.74, 6) is 0.908. The summed E-state index contributed by atoms with van der Waals surface area (Å²) in [7, 11) is 0. The minimum absolute atomic E-state index is 0.354. The summed E-state index contributed by atoms with van der Waals surface area (Å²) < 4.78 is 5.51. The number of rotatable bonds is 3. The number of aliphatic hydroxyl groups is 1. The van der Waals surface area contributed by atoms with Gasteiger partial charge < -0.3 is 9.84 Å². The van der Waals surface area contributed by atoms with Crippen molar-refractivity contribution >= 4 is 11.8 Å². The Morgan fingerprint density at radius 2 is 2.14 bits per heavy atom. The van der Waals surface area contributed by atoms with Crippen molar-refractivity contribution in [3.8, 4) is 0 Å². The SMILES string of the molecule is CC1OCCC1SCC1(O)CCCC1. The fraction of sp³-hybridized carbons (Fsp3) is 1.00. The summed E-state index contributed by atoms with van der Waals surface area (Å²) in [4.78, 5) is 0. The number of hydrogen-bond acceptors (Lipinski definition) is 3. The Balaban J connectivity index is 1.75. The van der Waals surface area contributed by atoms with E-state index >= 15 is 0 Å². The molecule has 82 valence electrons. The largest absolute Gasteiger partial charge is 0.389 e. The van der Waals surface area contributed by atoms with Crippen LogP contribution >= 0.6 is 11.8 Å². The molecule has 0 aromatic rings. The topological polar surface area (TPSA) is 29.5 Å². The summed E-state index contributed by atoms with van der Waals surface area (Å²) in [6, 6.07) is 0. The second-order valence-corrected chi connectivity index (χ2v) is 5.87. The van der Waals surface area contributed by atoms with Crippen LogP contribution in [0.15, 0.2) is 0 Å². The van der Waals surface area contributed by atoms with Crippen molar-refractivity contribution in [3.05, 3.63) is 0 Å². The standard InChI is InChI=1S/C11H20O2S/c1-9-10(4-7-13-9)14-8-11(12)5-2-3-6-11/h9-10,12H,2-8H2,1H3. The van der Waals surface area contributed by atoms with Crippen LogP contribution in [0.5, 0.6) is 0 Å². The van der Waals surface area contributed by atoms with Gasteiger partial charge in [-0.05, 0) is 26.2 Å². The van der Waals surface area contributed by atoms with Crippen molar-refractivity contribution in [1.29, 1.82) is 0 Å². The fourth-order valence-corrected chi connectivity index (χ4v) is 3.80. The molecule has 2 unspecified atom stereocenters. The smallest absolute Gasteiger partial charge is 0.0737 e. The molecule has 2 fully saturated rings. The van der Waals surface area contributed by atoms with Gasteiger partial charge in [0.1, 0.15) is 0 Å². The summed E-state index contributed by atoms with van der Waals surface area (Å²) in [6.07, 6.45) is 5.94. The normalized spacial score (nSPS) is 36.4.